The maximum atomic E-state index is 12.8. The Labute approximate surface area is 170 Å². The van der Waals surface area contributed by atoms with Crippen molar-refractivity contribution in [3.05, 3.63) is 62.1 Å². The van der Waals surface area contributed by atoms with Crippen molar-refractivity contribution in [2.75, 3.05) is 12.4 Å². The largest absolute Gasteiger partial charge is 0.497 e. The lowest BCUT2D eigenvalue weighted by molar-refractivity contribution is 0.102. The Morgan fingerprint density at radius 3 is 2.82 bits per heavy atom. The van der Waals surface area contributed by atoms with Gasteiger partial charge in [-0.05, 0) is 47.5 Å². The first-order chi connectivity index (χ1) is 13.4. The minimum Gasteiger partial charge on any atom is -0.497 e. The van der Waals surface area contributed by atoms with Crippen LogP contribution in [-0.2, 0) is 6.42 Å². The quantitative estimate of drug-likeness (QED) is 0.606. The first kappa shape index (κ1) is 19.8. The highest BCUT2D eigenvalue weighted by molar-refractivity contribution is 9.10. The van der Waals surface area contributed by atoms with E-state index in [0.29, 0.717) is 39.4 Å². The number of anilines is 1. The molecule has 0 unspecified atom stereocenters. The number of halogens is 1. The summed E-state index contributed by atoms with van der Waals surface area (Å²) in [4.78, 5) is 31.9. The maximum absolute atomic E-state index is 12.8. The van der Waals surface area contributed by atoms with E-state index in [-0.39, 0.29) is 17.4 Å². The van der Waals surface area contributed by atoms with Crippen molar-refractivity contribution in [2.24, 2.45) is 0 Å². The van der Waals surface area contributed by atoms with Crippen LogP contribution in [0.2, 0.25) is 0 Å². The maximum Gasteiger partial charge on any atom is 0.258 e. The van der Waals surface area contributed by atoms with Crippen LogP contribution in [0.25, 0.3) is 5.95 Å². The zero-order valence-electron chi connectivity index (χ0n) is 15.7. The number of amides is 1. The monoisotopic (exact) mass is 445 g/mol. The number of nitrogens with zero attached hydrogens (tertiary/aromatic N) is 3. The van der Waals surface area contributed by atoms with Crippen LogP contribution < -0.4 is 15.6 Å². The van der Waals surface area contributed by atoms with Gasteiger partial charge in [-0.2, -0.15) is 9.78 Å². The fraction of sp³-hybridized carbons (Fsp3) is 0.263. The van der Waals surface area contributed by atoms with E-state index >= 15 is 0 Å². The second-order valence-electron chi connectivity index (χ2n) is 6.19. The Bertz CT molecular complexity index is 1070. The predicted octanol–water partition coefficient (Wildman–Crippen LogP) is 3.24. The van der Waals surface area contributed by atoms with Gasteiger partial charge in [0, 0.05) is 22.3 Å². The third-order valence-electron chi connectivity index (χ3n) is 3.98. The number of aromatic nitrogens is 4. The molecule has 1 amide bonds. The lowest BCUT2D eigenvalue weighted by Crippen LogP contribution is -2.19. The number of aromatic amines is 1. The molecule has 1 aromatic carbocycles. The van der Waals surface area contributed by atoms with E-state index in [4.69, 9.17) is 4.74 Å². The molecule has 3 rings (SSSR count). The molecule has 0 saturated carbocycles. The van der Waals surface area contributed by atoms with E-state index < -0.39 is 0 Å². The van der Waals surface area contributed by atoms with Crippen molar-refractivity contribution in [2.45, 2.75) is 26.7 Å². The number of rotatable bonds is 6. The van der Waals surface area contributed by atoms with Gasteiger partial charge in [0.1, 0.15) is 11.6 Å². The Morgan fingerprint density at radius 1 is 1.32 bits per heavy atom. The number of hydrogen-bond acceptors (Lipinski definition) is 5. The van der Waals surface area contributed by atoms with Crippen molar-refractivity contribution in [3.63, 3.8) is 0 Å². The van der Waals surface area contributed by atoms with Gasteiger partial charge in [-0.3, -0.25) is 14.6 Å². The molecule has 2 aromatic heterocycles. The lowest BCUT2D eigenvalue weighted by atomic mass is 10.2. The van der Waals surface area contributed by atoms with Gasteiger partial charge in [0.05, 0.1) is 18.4 Å². The van der Waals surface area contributed by atoms with E-state index in [1.54, 1.807) is 31.2 Å². The summed E-state index contributed by atoms with van der Waals surface area (Å²) < 4.78 is 7.24. The Hall–Kier alpha value is -2.94. The second kappa shape index (κ2) is 8.39. The molecule has 146 valence electrons. The summed E-state index contributed by atoms with van der Waals surface area (Å²) in [6.07, 6.45) is 1.54. The number of H-pyrrole nitrogens is 1. The van der Waals surface area contributed by atoms with Crippen LogP contribution in [0.5, 0.6) is 5.75 Å². The number of hydrogen-bond donors (Lipinski definition) is 2. The van der Waals surface area contributed by atoms with Crippen LogP contribution in [0.4, 0.5) is 5.82 Å². The van der Waals surface area contributed by atoms with Gasteiger partial charge in [-0.1, -0.05) is 13.3 Å². The minimum absolute atomic E-state index is 0.254. The molecule has 0 bridgehead atoms. The molecule has 0 fully saturated rings. The molecule has 0 aliphatic carbocycles. The fourth-order valence-electron chi connectivity index (χ4n) is 2.72. The highest BCUT2D eigenvalue weighted by Crippen LogP contribution is 2.24. The molecule has 0 saturated heterocycles. The van der Waals surface area contributed by atoms with Crippen LogP contribution in [0, 0.1) is 6.92 Å². The van der Waals surface area contributed by atoms with E-state index in [9.17, 15) is 9.59 Å². The molecule has 8 nitrogen and oxygen atoms in total. The van der Waals surface area contributed by atoms with E-state index in [0.717, 1.165) is 6.42 Å². The molecule has 0 aliphatic heterocycles. The average molecular weight is 446 g/mol. The number of ether oxygens (including phenoxy) is 1. The number of methoxy groups -OCH3 is 1. The smallest absolute Gasteiger partial charge is 0.258 e. The zero-order chi connectivity index (χ0) is 20.3. The number of benzene rings is 1. The summed E-state index contributed by atoms with van der Waals surface area (Å²) in [5.74, 6) is 0.869. The highest BCUT2D eigenvalue weighted by atomic mass is 79.9. The molecule has 0 spiro atoms. The first-order valence-electron chi connectivity index (χ1n) is 8.73. The van der Waals surface area contributed by atoms with Crippen molar-refractivity contribution in [3.8, 4) is 11.7 Å². The molecule has 2 N–H and O–H groups in total. The first-order valence-corrected chi connectivity index (χ1v) is 9.52. The standard InChI is InChI=1S/C19H20BrN5O3/c1-4-5-12-9-17(26)23-19(21-12)25-16(8-11(2)24-25)22-18(27)14-10-13(28-3)6-7-15(14)20/h6-10H,4-5H2,1-3H3,(H,22,27)(H,21,23,26). The average Bonchev–Trinajstić information content (AvgIpc) is 3.02. The topological polar surface area (TPSA) is 102 Å². The van der Waals surface area contributed by atoms with Gasteiger partial charge in [0.25, 0.3) is 11.5 Å². The SMILES string of the molecule is CCCc1cc(=O)[nH]c(-n2nc(C)cc2NC(=O)c2cc(OC)ccc2Br)n1. The van der Waals surface area contributed by atoms with Crippen LogP contribution in [-0.4, -0.2) is 32.8 Å². The normalized spacial score (nSPS) is 10.7. The summed E-state index contributed by atoms with van der Waals surface area (Å²) in [6.45, 7) is 3.81. The minimum atomic E-state index is -0.348. The van der Waals surface area contributed by atoms with E-state index in [2.05, 4.69) is 36.3 Å². The van der Waals surface area contributed by atoms with Gasteiger partial charge in [0.15, 0.2) is 0 Å². The van der Waals surface area contributed by atoms with Crippen LogP contribution in [0.1, 0.15) is 35.1 Å². The number of aryl methyl sites for hydroxylation is 2. The molecular weight excluding hydrogens is 426 g/mol. The van der Waals surface area contributed by atoms with Crippen LogP contribution >= 0.6 is 15.9 Å². The van der Waals surface area contributed by atoms with Crippen molar-refractivity contribution in [1.29, 1.82) is 0 Å². The van der Waals surface area contributed by atoms with E-state index in [1.165, 1.54) is 17.9 Å². The van der Waals surface area contributed by atoms with Gasteiger partial charge < -0.3 is 10.1 Å². The molecule has 2 heterocycles. The summed E-state index contributed by atoms with van der Waals surface area (Å²) in [5.41, 5.74) is 1.48. The Kier molecular flexibility index (Phi) is 5.93. The molecule has 9 heteroatoms. The molecule has 28 heavy (non-hydrogen) atoms. The summed E-state index contributed by atoms with van der Waals surface area (Å²) >= 11 is 3.38. The Balaban J connectivity index is 1.98. The Morgan fingerprint density at radius 2 is 2.11 bits per heavy atom. The predicted molar refractivity (Wildman–Crippen MR) is 109 cm³/mol. The molecule has 0 aliphatic rings. The van der Waals surface area contributed by atoms with Crippen LogP contribution in [0.15, 0.2) is 39.6 Å². The second-order valence-corrected chi connectivity index (χ2v) is 7.05. The summed E-state index contributed by atoms with van der Waals surface area (Å²) in [7, 11) is 1.54. The van der Waals surface area contributed by atoms with Crippen LogP contribution in [0.3, 0.4) is 0 Å². The van der Waals surface area contributed by atoms with Gasteiger partial charge in [-0.25, -0.2) is 4.98 Å². The van der Waals surface area contributed by atoms with E-state index in [1.807, 2.05) is 6.92 Å². The van der Waals surface area contributed by atoms with Crippen molar-refractivity contribution >= 4 is 27.7 Å². The summed E-state index contributed by atoms with van der Waals surface area (Å²) in [6, 6.07) is 8.30. The number of nitrogens with one attached hydrogen (secondary N) is 2. The van der Waals surface area contributed by atoms with Gasteiger partial charge in [0.2, 0.25) is 5.95 Å². The summed E-state index contributed by atoms with van der Waals surface area (Å²) in [5, 5.41) is 7.18. The van der Waals surface area contributed by atoms with Crippen molar-refractivity contribution < 1.29 is 9.53 Å². The number of carbonyl (C=O) groups excluding carboxylic acids is 1. The molecule has 0 atom stereocenters. The number of carbonyl (C=O) groups is 1. The molecular formula is C19H20BrN5O3. The van der Waals surface area contributed by atoms with Crippen molar-refractivity contribution in [1.82, 2.24) is 19.7 Å². The fourth-order valence-corrected chi connectivity index (χ4v) is 3.14. The van der Waals surface area contributed by atoms with Gasteiger partial charge >= 0.3 is 0 Å². The lowest BCUT2D eigenvalue weighted by Gasteiger charge is -2.10. The zero-order valence-corrected chi connectivity index (χ0v) is 17.3. The third-order valence-corrected chi connectivity index (χ3v) is 4.67. The third kappa shape index (κ3) is 4.30. The molecule has 3 aromatic rings. The highest BCUT2D eigenvalue weighted by Gasteiger charge is 2.17. The van der Waals surface area contributed by atoms with Gasteiger partial charge in [-0.15, -0.1) is 0 Å². The molecule has 0 radical (unpaired) electrons.